The third-order valence-electron chi connectivity index (χ3n) is 3.38. The molecule has 2 aromatic rings. The van der Waals surface area contributed by atoms with Crippen LogP contribution in [0.5, 0.6) is 5.75 Å². The summed E-state index contributed by atoms with van der Waals surface area (Å²) in [5.74, 6) is 0.873. The Labute approximate surface area is 149 Å². The molecular weight excluding hydrogens is 406 g/mol. The molecule has 0 saturated heterocycles. The highest BCUT2D eigenvalue weighted by Crippen LogP contribution is 2.35. The van der Waals surface area contributed by atoms with Gasteiger partial charge in [0.1, 0.15) is 5.75 Å². The Morgan fingerprint density at radius 1 is 1.05 bits per heavy atom. The van der Waals surface area contributed by atoms with Gasteiger partial charge < -0.3 is 10.1 Å². The summed E-state index contributed by atoms with van der Waals surface area (Å²) in [6, 6.07) is 10.7. The van der Waals surface area contributed by atoms with Crippen molar-refractivity contribution in [1.82, 2.24) is 0 Å². The first-order valence-electron chi connectivity index (χ1n) is 7.43. The third-order valence-corrected chi connectivity index (χ3v) is 4.56. The SMILES string of the molecule is CCCOc1c(Br)cc(CNc2cc(C)ccc2C)cc1Br. The van der Waals surface area contributed by atoms with Crippen LogP contribution in [0.1, 0.15) is 30.0 Å². The maximum Gasteiger partial charge on any atom is 0.147 e. The van der Waals surface area contributed by atoms with E-state index in [1.54, 1.807) is 0 Å². The maximum absolute atomic E-state index is 5.76. The second-order valence-corrected chi connectivity index (χ2v) is 7.12. The number of hydrogen-bond acceptors (Lipinski definition) is 2. The number of aryl methyl sites for hydroxylation is 2. The first-order chi connectivity index (χ1) is 10.5. The molecule has 0 spiro atoms. The maximum atomic E-state index is 5.76. The van der Waals surface area contributed by atoms with Gasteiger partial charge in [-0.2, -0.15) is 0 Å². The van der Waals surface area contributed by atoms with Gasteiger partial charge in [-0.15, -0.1) is 0 Å². The molecule has 0 amide bonds. The molecule has 0 saturated carbocycles. The van der Waals surface area contributed by atoms with Crippen LogP contribution in [-0.4, -0.2) is 6.61 Å². The van der Waals surface area contributed by atoms with Crippen molar-refractivity contribution in [3.8, 4) is 5.75 Å². The highest BCUT2D eigenvalue weighted by atomic mass is 79.9. The van der Waals surface area contributed by atoms with Crippen LogP contribution in [-0.2, 0) is 6.54 Å². The number of anilines is 1. The minimum absolute atomic E-state index is 0.720. The van der Waals surface area contributed by atoms with Crippen molar-refractivity contribution in [2.45, 2.75) is 33.7 Å². The molecule has 0 aliphatic carbocycles. The minimum atomic E-state index is 0.720. The lowest BCUT2D eigenvalue weighted by Crippen LogP contribution is -2.03. The van der Waals surface area contributed by atoms with Crippen LogP contribution in [0.4, 0.5) is 5.69 Å². The monoisotopic (exact) mass is 425 g/mol. The van der Waals surface area contributed by atoms with E-state index >= 15 is 0 Å². The molecule has 2 aromatic carbocycles. The second kappa shape index (κ2) is 8.02. The van der Waals surface area contributed by atoms with Gasteiger partial charge in [-0.1, -0.05) is 19.1 Å². The van der Waals surface area contributed by atoms with Crippen LogP contribution >= 0.6 is 31.9 Å². The van der Waals surface area contributed by atoms with Gasteiger partial charge in [-0.3, -0.25) is 0 Å². The van der Waals surface area contributed by atoms with Crippen LogP contribution in [0.15, 0.2) is 39.3 Å². The summed E-state index contributed by atoms with van der Waals surface area (Å²) in [5, 5.41) is 3.50. The van der Waals surface area contributed by atoms with E-state index in [1.165, 1.54) is 22.4 Å². The Bertz CT molecular complexity index is 633. The van der Waals surface area contributed by atoms with Crippen molar-refractivity contribution < 1.29 is 4.74 Å². The van der Waals surface area contributed by atoms with E-state index in [-0.39, 0.29) is 0 Å². The first kappa shape index (κ1) is 17.4. The molecule has 4 heteroatoms. The summed E-state index contributed by atoms with van der Waals surface area (Å²) in [4.78, 5) is 0. The number of rotatable bonds is 6. The van der Waals surface area contributed by atoms with Crippen molar-refractivity contribution in [2.75, 3.05) is 11.9 Å². The van der Waals surface area contributed by atoms with Crippen molar-refractivity contribution in [3.63, 3.8) is 0 Å². The van der Waals surface area contributed by atoms with Gasteiger partial charge in [0.15, 0.2) is 0 Å². The number of benzene rings is 2. The van der Waals surface area contributed by atoms with Crippen LogP contribution in [0, 0.1) is 13.8 Å². The van der Waals surface area contributed by atoms with Crippen LogP contribution in [0.25, 0.3) is 0 Å². The summed E-state index contributed by atoms with van der Waals surface area (Å²) >= 11 is 7.20. The molecule has 0 unspecified atom stereocenters. The third kappa shape index (κ3) is 4.50. The zero-order chi connectivity index (χ0) is 16.1. The molecule has 0 aliphatic heterocycles. The summed E-state index contributed by atoms with van der Waals surface area (Å²) in [7, 11) is 0. The minimum Gasteiger partial charge on any atom is -0.491 e. The molecule has 1 N–H and O–H groups in total. The lowest BCUT2D eigenvalue weighted by molar-refractivity contribution is 0.313. The average Bonchev–Trinajstić information content (AvgIpc) is 2.47. The Kier molecular flexibility index (Phi) is 6.33. The Hall–Kier alpha value is -1.00. The smallest absolute Gasteiger partial charge is 0.147 e. The van der Waals surface area contributed by atoms with E-state index in [0.29, 0.717) is 0 Å². The lowest BCUT2D eigenvalue weighted by atomic mass is 10.1. The number of ether oxygens (including phenoxy) is 1. The molecular formula is C18H21Br2NO. The Morgan fingerprint density at radius 2 is 1.73 bits per heavy atom. The van der Waals surface area contributed by atoms with Crippen LogP contribution in [0.2, 0.25) is 0 Å². The Balaban J connectivity index is 2.12. The van der Waals surface area contributed by atoms with Gasteiger partial charge in [-0.25, -0.2) is 0 Å². The first-order valence-corrected chi connectivity index (χ1v) is 9.01. The summed E-state index contributed by atoms with van der Waals surface area (Å²) in [5.41, 5.74) is 4.90. The zero-order valence-corrected chi connectivity index (χ0v) is 16.3. The highest BCUT2D eigenvalue weighted by molar-refractivity contribution is 9.11. The molecule has 0 heterocycles. The van der Waals surface area contributed by atoms with Gasteiger partial charge in [0.2, 0.25) is 0 Å². The highest BCUT2D eigenvalue weighted by Gasteiger charge is 2.09. The largest absolute Gasteiger partial charge is 0.491 e. The molecule has 118 valence electrons. The fourth-order valence-corrected chi connectivity index (χ4v) is 3.69. The van der Waals surface area contributed by atoms with E-state index < -0.39 is 0 Å². The van der Waals surface area contributed by atoms with Crippen molar-refractivity contribution >= 4 is 37.5 Å². The molecule has 2 nitrogen and oxygen atoms in total. The molecule has 0 fully saturated rings. The second-order valence-electron chi connectivity index (χ2n) is 5.41. The summed E-state index contributed by atoms with van der Waals surface area (Å²) in [6.45, 7) is 7.82. The van der Waals surface area contributed by atoms with Crippen molar-refractivity contribution in [2.24, 2.45) is 0 Å². The van der Waals surface area contributed by atoms with Gasteiger partial charge in [0, 0.05) is 12.2 Å². The lowest BCUT2D eigenvalue weighted by Gasteiger charge is -2.14. The molecule has 0 bridgehead atoms. The predicted octanol–water partition coefficient (Wildman–Crippen LogP) is 6.23. The van der Waals surface area contributed by atoms with Gasteiger partial charge in [0.05, 0.1) is 15.6 Å². The van der Waals surface area contributed by atoms with Gasteiger partial charge in [-0.05, 0) is 87.0 Å². The topological polar surface area (TPSA) is 21.3 Å². The molecule has 2 rings (SSSR count). The van der Waals surface area contributed by atoms with Crippen molar-refractivity contribution in [1.29, 1.82) is 0 Å². The quantitative estimate of drug-likeness (QED) is 0.591. The fraction of sp³-hybridized carbons (Fsp3) is 0.333. The molecule has 0 aromatic heterocycles. The number of hydrogen-bond donors (Lipinski definition) is 1. The van der Waals surface area contributed by atoms with Gasteiger partial charge >= 0.3 is 0 Å². The van der Waals surface area contributed by atoms with E-state index in [9.17, 15) is 0 Å². The zero-order valence-electron chi connectivity index (χ0n) is 13.2. The normalized spacial score (nSPS) is 10.6. The standard InChI is InChI=1S/C18H21Br2NO/c1-4-7-22-18-15(19)9-14(10-16(18)20)11-21-17-8-12(2)5-6-13(17)3/h5-6,8-10,21H,4,7,11H2,1-3H3. The molecule has 22 heavy (non-hydrogen) atoms. The summed E-state index contributed by atoms with van der Waals surface area (Å²) in [6.07, 6.45) is 0.995. The van der Waals surface area contributed by atoms with E-state index in [0.717, 1.165) is 34.3 Å². The van der Waals surface area contributed by atoms with E-state index in [4.69, 9.17) is 4.74 Å². The molecule has 0 atom stereocenters. The molecule has 0 aliphatic rings. The molecule has 0 radical (unpaired) electrons. The van der Waals surface area contributed by atoms with Crippen LogP contribution in [0.3, 0.4) is 0 Å². The average molecular weight is 427 g/mol. The fourth-order valence-electron chi connectivity index (χ4n) is 2.18. The predicted molar refractivity (Wildman–Crippen MR) is 101 cm³/mol. The number of halogens is 2. The van der Waals surface area contributed by atoms with Crippen LogP contribution < -0.4 is 10.1 Å². The van der Waals surface area contributed by atoms with Crippen molar-refractivity contribution in [3.05, 3.63) is 56.0 Å². The van der Waals surface area contributed by atoms with E-state index in [1.807, 2.05) is 0 Å². The summed E-state index contributed by atoms with van der Waals surface area (Å²) < 4.78 is 7.71. The Morgan fingerprint density at radius 3 is 2.36 bits per heavy atom. The number of nitrogens with one attached hydrogen (secondary N) is 1. The van der Waals surface area contributed by atoms with Gasteiger partial charge in [0.25, 0.3) is 0 Å². The van der Waals surface area contributed by atoms with E-state index in [2.05, 4.69) is 88.3 Å².